The number of hydrogen-bond donors (Lipinski definition) is 1. The van der Waals surface area contributed by atoms with Gasteiger partial charge in [0.2, 0.25) is 5.91 Å². The molecule has 10 heteroatoms. The highest BCUT2D eigenvalue weighted by Gasteiger charge is 2.40. The summed E-state index contributed by atoms with van der Waals surface area (Å²) < 4.78 is 47.1. The number of ether oxygens (including phenoxy) is 2. The molecule has 7 nitrogen and oxygen atoms in total. The molecule has 3 aliphatic heterocycles. The highest BCUT2D eigenvalue weighted by atomic mass is 19.4. The van der Waals surface area contributed by atoms with E-state index in [2.05, 4.69) is 10.1 Å². The summed E-state index contributed by atoms with van der Waals surface area (Å²) in [4.78, 5) is 28.7. The number of carbonyl (C=O) groups is 2. The molecule has 3 amide bonds. The van der Waals surface area contributed by atoms with Crippen molar-refractivity contribution in [2.45, 2.75) is 56.7 Å². The second kappa shape index (κ2) is 8.33. The molecule has 0 spiro atoms. The second-order valence-corrected chi connectivity index (χ2v) is 7.78. The average molecular weight is 427 g/mol. The molecule has 0 bridgehead atoms. The molecule has 30 heavy (non-hydrogen) atoms. The third kappa shape index (κ3) is 4.48. The van der Waals surface area contributed by atoms with Crippen LogP contribution >= 0.6 is 0 Å². The number of nitrogens with one attached hydrogen (secondary N) is 1. The van der Waals surface area contributed by atoms with E-state index >= 15 is 0 Å². The molecule has 0 aliphatic carbocycles. The molecule has 1 aromatic carbocycles. The van der Waals surface area contributed by atoms with Crippen LogP contribution in [0.15, 0.2) is 24.3 Å². The van der Waals surface area contributed by atoms with Crippen LogP contribution in [0.1, 0.15) is 32.1 Å². The number of likely N-dealkylation sites (tertiary alicyclic amines) is 1. The van der Waals surface area contributed by atoms with Crippen LogP contribution in [-0.2, 0) is 9.53 Å². The Labute approximate surface area is 172 Å². The highest BCUT2D eigenvalue weighted by molar-refractivity contribution is 6.01. The quantitative estimate of drug-likeness (QED) is 0.802. The van der Waals surface area contributed by atoms with E-state index in [0.717, 1.165) is 25.7 Å². The minimum Gasteiger partial charge on any atom is -0.406 e. The molecule has 1 N–H and O–H groups in total. The zero-order valence-electron chi connectivity index (χ0n) is 16.4. The fourth-order valence-electron chi connectivity index (χ4n) is 4.49. The Bertz CT molecular complexity index is 798. The van der Waals surface area contributed by atoms with E-state index in [0.29, 0.717) is 31.8 Å². The Morgan fingerprint density at radius 1 is 1.17 bits per heavy atom. The number of benzene rings is 1. The zero-order chi connectivity index (χ0) is 21.3. The lowest BCUT2D eigenvalue weighted by atomic mass is 10.1. The van der Waals surface area contributed by atoms with Crippen LogP contribution in [0.5, 0.6) is 5.75 Å². The molecule has 3 saturated heterocycles. The van der Waals surface area contributed by atoms with Crippen molar-refractivity contribution in [3.63, 3.8) is 0 Å². The molecule has 164 valence electrons. The van der Waals surface area contributed by atoms with E-state index in [1.54, 1.807) is 11.0 Å². The van der Waals surface area contributed by atoms with Gasteiger partial charge >= 0.3 is 12.4 Å². The van der Waals surface area contributed by atoms with Crippen molar-refractivity contribution in [2.75, 3.05) is 24.6 Å². The SMILES string of the molecule is O=C1C(NC(=O)N2CCCC2C2CCCO2)CCN1c1cccc(OC(F)(F)F)c1. The summed E-state index contributed by atoms with van der Waals surface area (Å²) in [6.45, 7) is 1.63. The number of carbonyl (C=O) groups excluding carboxylic acids is 2. The first kappa shape index (κ1) is 20.8. The van der Waals surface area contributed by atoms with Gasteiger partial charge in [0.25, 0.3) is 0 Å². The van der Waals surface area contributed by atoms with Crippen LogP contribution in [0.25, 0.3) is 0 Å². The average Bonchev–Trinajstić information content (AvgIpc) is 3.41. The van der Waals surface area contributed by atoms with E-state index in [9.17, 15) is 22.8 Å². The molecule has 3 fully saturated rings. The van der Waals surface area contributed by atoms with Gasteiger partial charge < -0.3 is 24.6 Å². The van der Waals surface area contributed by atoms with Gasteiger partial charge in [-0.15, -0.1) is 13.2 Å². The van der Waals surface area contributed by atoms with E-state index < -0.39 is 18.2 Å². The van der Waals surface area contributed by atoms with Gasteiger partial charge in [-0.3, -0.25) is 4.79 Å². The van der Waals surface area contributed by atoms with E-state index in [4.69, 9.17) is 4.74 Å². The van der Waals surface area contributed by atoms with Crippen molar-refractivity contribution in [1.82, 2.24) is 10.2 Å². The third-order valence-electron chi connectivity index (χ3n) is 5.82. The molecule has 3 heterocycles. The van der Waals surface area contributed by atoms with Crippen LogP contribution in [0, 0.1) is 0 Å². The topological polar surface area (TPSA) is 71.1 Å². The van der Waals surface area contributed by atoms with Gasteiger partial charge in [0.1, 0.15) is 11.8 Å². The molecular weight excluding hydrogens is 403 g/mol. The van der Waals surface area contributed by atoms with Crippen molar-refractivity contribution >= 4 is 17.6 Å². The highest BCUT2D eigenvalue weighted by Crippen LogP contribution is 2.30. The smallest absolute Gasteiger partial charge is 0.406 e. The summed E-state index contributed by atoms with van der Waals surface area (Å²) in [7, 11) is 0. The molecule has 4 rings (SSSR count). The molecule has 3 aliphatic rings. The number of rotatable bonds is 4. The molecule has 1 aromatic rings. The van der Waals surface area contributed by atoms with E-state index in [-0.39, 0.29) is 24.1 Å². The molecule has 0 aromatic heterocycles. The Kier molecular flexibility index (Phi) is 5.77. The second-order valence-electron chi connectivity index (χ2n) is 7.78. The van der Waals surface area contributed by atoms with Gasteiger partial charge in [0.15, 0.2) is 0 Å². The first-order valence-corrected chi connectivity index (χ1v) is 10.2. The fraction of sp³-hybridized carbons (Fsp3) is 0.600. The summed E-state index contributed by atoms with van der Waals surface area (Å²) in [6, 6.07) is 4.30. The minimum atomic E-state index is -4.81. The monoisotopic (exact) mass is 427 g/mol. The number of anilines is 1. The Morgan fingerprint density at radius 2 is 2.00 bits per heavy atom. The Balaban J connectivity index is 1.39. The van der Waals surface area contributed by atoms with Crippen LogP contribution in [0.4, 0.5) is 23.7 Å². The van der Waals surface area contributed by atoms with E-state index in [1.165, 1.54) is 23.1 Å². The largest absolute Gasteiger partial charge is 0.573 e. The summed E-state index contributed by atoms with van der Waals surface area (Å²) in [5.41, 5.74) is 0.303. The molecule has 3 atom stereocenters. The Morgan fingerprint density at radius 3 is 2.73 bits per heavy atom. The first-order valence-electron chi connectivity index (χ1n) is 10.2. The van der Waals surface area contributed by atoms with Crippen LogP contribution in [0.2, 0.25) is 0 Å². The van der Waals surface area contributed by atoms with Crippen molar-refractivity contribution < 1.29 is 32.2 Å². The number of nitrogens with zero attached hydrogens (tertiary/aromatic N) is 2. The number of halogens is 3. The van der Waals surface area contributed by atoms with E-state index in [1.807, 2.05) is 0 Å². The molecule has 0 radical (unpaired) electrons. The number of alkyl halides is 3. The standard InChI is InChI=1S/C20H24F3N3O4/c21-20(22,23)30-14-5-1-4-13(12-14)25-10-8-15(18(25)27)24-19(28)26-9-2-6-16(26)17-7-3-11-29-17/h1,4-5,12,15-17H,2-3,6-11H2,(H,24,28). The summed E-state index contributed by atoms with van der Waals surface area (Å²) >= 11 is 0. The lowest BCUT2D eigenvalue weighted by molar-refractivity contribution is -0.274. The van der Waals surface area contributed by atoms with Crippen LogP contribution < -0.4 is 15.0 Å². The third-order valence-corrected chi connectivity index (χ3v) is 5.82. The maximum absolute atomic E-state index is 12.8. The van der Waals surface area contributed by atoms with Gasteiger partial charge in [0.05, 0.1) is 12.1 Å². The van der Waals surface area contributed by atoms with Gasteiger partial charge in [-0.25, -0.2) is 4.79 Å². The summed E-state index contributed by atoms with van der Waals surface area (Å²) in [5, 5.41) is 2.81. The lowest BCUT2D eigenvalue weighted by Crippen LogP contribution is -2.51. The molecule has 3 unspecified atom stereocenters. The summed E-state index contributed by atoms with van der Waals surface area (Å²) in [5.74, 6) is -0.739. The van der Waals surface area contributed by atoms with Crippen molar-refractivity contribution in [3.8, 4) is 5.75 Å². The van der Waals surface area contributed by atoms with Gasteiger partial charge in [0, 0.05) is 31.5 Å². The zero-order valence-corrected chi connectivity index (χ0v) is 16.4. The van der Waals surface area contributed by atoms with Gasteiger partial charge in [-0.2, -0.15) is 0 Å². The predicted octanol–water partition coefficient (Wildman–Crippen LogP) is 3.04. The lowest BCUT2D eigenvalue weighted by Gasteiger charge is -2.29. The number of urea groups is 1. The minimum absolute atomic E-state index is 0.0244. The predicted molar refractivity (Wildman–Crippen MR) is 101 cm³/mol. The fourth-order valence-corrected chi connectivity index (χ4v) is 4.49. The van der Waals surface area contributed by atoms with Crippen LogP contribution in [-0.4, -0.2) is 61.1 Å². The number of amides is 3. The van der Waals surface area contributed by atoms with Gasteiger partial charge in [-0.05, 0) is 44.2 Å². The maximum Gasteiger partial charge on any atom is 0.573 e. The van der Waals surface area contributed by atoms with Crippen molar-refractivity contribution in [1.29, 1.82) is 0 Å². The summed E-state index contributed by atoms with van der Waals surface area (Å²) in [6.07, 6.45) is -0.675. The first-order chi connectivity index (χ1) is 14.3. The Hall–Kier alpha value is -2.49. The van der Waals surface area contributed by atoms with Gasteiger partial charge in [-0.1, -0.05) is 6.07 Å². The van der Waals surface area contributed by atoms with Crippen LogP contribution in [0.3, 0.4) is 0 Å². The van der Waals surface area contributed by atoms with Crippen molar-refractivity contribution in [2.24, 2.45) is 0 Å². The molecule has 0 saturated carbocycles. The maximum atomic E-state index is 12.8. The molecular formula is C20H24F3N3O4. The van der Waals surface area contributed by atoms with Crippen molar-refractivity contribution in [3.05, 3.63) is 24.3 Å². The normalized spacial score (nSPS) is 27.0. The number of hydrogen-bond acceptors (Lipinski definition) is 4.